The zero-order valence-corrected chi connectivity index (χ0v) is 14.5. The molecular weight excluding hydrogens is 365 g/mol. The summed E-state index contributed by atoms with van der Waals surface area (Å²) in [5, 5.41) is 24.8. The van der Waals surface area contributed by atoms with Crippen LogP contribution in [0.3, 0.4) is 0 Å². The molecule has 2 aromatic heterocycles. The Morgan fingerprint density at radius 3 is 3.27 bits per heavy atom. The molecule has 0 saturated carbocycles. The molecule has 0 radical (unpaired) electrons. The van der Waals surface area contributed by atoms with E-state index in [1.807, 2.05) is 6.07 Å². The van der Waals surface area contributed by atoms with Crippen molar-refractivity contribution < 1.29 is 29.4 Å². The van der Waals surface area contributed by atoms with E-state index in [1.54, 1.807) is 6.92 Å². The molecule has 2 aliphatic heterocycles. The lowest BCUT2D eigenvalue weighted by Crippen LogP contribution is -2.43. The number of aromatic nitrogens is 3. The lowest BCUT2D eigenvalue weighted by atomic mass is 9.92. The normalized spacial score (nSPS) is 37.3. The molecule has 0 unspecified atom stereocenters. The summed E-state index contributed by atoms with van der Waals surface area (Å²) in [5.74, 6) is 0.0414. The number of nitriles is 1. The van der Waals surface area contributed by atoms with E-state index in [1.165, 1.54) is 10.6 Å². The number of aliphatic hydroxyl groups is 1. The predicted molar refractivity (Wildman–Crippen MR) is 85.6 cm³/mol. The number of nitrogens with two attached hydrogens (primary N) is 1. The van der Waals surface area contributed by atoms with Gasteiger partial charge in [-0.25, -0.2) is 14.1 Å². The van der Waals surface area contributed by atoms with Gasteiger partial charge in [-0.1, -0.05) is 0 Å². The highest BCUT2D eigenvalue weighted by Crippen LogP contribution is 2.57. The predicted octanol–water partition coefficient (Wildman–Crippen LogP) is 0.350. The molecule has 2 aromatic rings. The van der Waals surface area contributed by atoms with Crippen molar-refractivity contribution in [3.63, 3.8) is 0 Å². The second kappa shape index (κ2) is 5.99. The number of ether oxygens (including phenoxy) is 1. The second-order valence-electron chi connectivity index (χ2n) is 5.76. The number of aliphatic hydroxyl groups excluding tert-OH is 1. The van der Waals surface area contributed by atoms with Crippen LogP contribution in [0.15, 0.2) is 18.4 Å². The number of nitrogen functional groups attached to an aromatic ring is 1. The number of fused-ring (bicyclic) bond motifs is 2. The first kappa shape index (κ1) is 16.1. The monoisotopic (exact) mass is 382 g/mol. The maximum Gasteiger partial charge on any atom is 0.475 e. The SMILES string of the molecule is [2H]c1cc([C@]2(C#N)O[C@@H]3CO[P@@](=O)(OCC)O[C@H]3[C@H]2O)n2ncnc(N)c12. The molecular formula is C14H16N5O6P. The Morgan fingerprint density at radius 1 is 1.73 bits per heavy atom. The van der Waals surface area contributed by atoms with Gasteiger partial charge < -0.3 is 15.6 Å². The van der Waals surface area contributed by atoms with Gasteiger partial charge in [0.25, 0.3) is 0 Å². The molecule has 2 fully saturated rings. The molecule has 0 bridgehead atoms. The number of hydrogen-bond acceptors (Lipinski definition) is 10. The number of hydrogen-bond donors (Lipinski definition) is 2. The van der Waals surface area contributed by atoms with Crippen molar-refractivity contribution in [2.45, 2.75) is 30.8 Å². The number of anilines is 1. The maximum absolute atomic E-state index is 12.4. The largest absolute Gasteiger partial charge is 0.475 e. The van der Waals surface area contributed by atoms with Gasteiger partial charge in [0.2, 0.25) is 5.60 Å². The molecule has 3 N–H and O–H groups in total. The summed E-state index contributed by atoms with van der Waals surface area (Å²) in [5.41, 5.74) is 4.11. The number of phosphoric ester groups is 1. The smallest absolute Gasteiger partial charge is 0.386 e. The highest BCUT2D eigenvalue weighted by atomic mass is 31.2. The minimum atomic E-state index is -3.87. The van der Waals surface area contributed by atoms with Crippen molar-refractivity contribution in [1.29, 1.82) is 5.26 Å². The van der Waals surface area contributed by atoms with Crippen LogP contribution in [0.4, 0.5) is 5.82 Å². The highest BCUT2D eigenvalue weighted by molar-refractivity contribution is 7.48. The van der Waals surface area contributed by atoms with Crippen LogP contribution in [-0.2, 0) is 28.5 Å². The van der Waals surface area contributed by atoms with E-state index in [2.05, 4.69) is 10.1 Å². The molecule has 0 amide bonds. The van der Waals surface area contributed by atoms with Crippen molar-refractivity contribution in [3.05, 3.63) is 24.1 Å². The zero-order chi connectivity index (χ0) is 19.4. The molecule has 0 aliphatic carbocycles. The summed E-state index contributed by atoms with van der Waals surface area (Å²) in [6.07, 6.45) is -2.39. The van der Waals surface area contributed by atoms with Crippen LogP contribution in [-0.4, -0.2) is 51.2 Å². The molecule has 26 heavy (non-hydrogen) atoms. The first-order valence-electron chi connectivity index (χ1n) is 8.29. The van der Waals surface area contributed by atoms with Gasteiger partial charge in [-0.3, -0.25) is 13.6 Å². The molecule has 0 spiro atoms. The fourth-order valence-electron chi connectivity index (χ4n) is 3.14. The summed E-state index contributed by atoms with van der Waals surface area (Å²) >= 11 is 0. The van der Waals surface area contributed by atoms with Crippen LogP contribution < -0.4 is 5.73 Å². The standard InChI is InChI=1S/C14H16N5O6P/c1-2-22-26(21)23-5-9-11(25-26)12(20)14(6-15,24-9)10-4-3-8-13(16)17-7-18-19(8)10/h3-4,7,9,11-12,20H,2,5H2,1H3,(H2,16,17,18)/t9-,11-,12-,14+,26-/m1/s1/i3D. The van der Waals surface area contributed by atoms with Crippen molar-refractivity contribution in [1.82, 2.24) is 14.6 Å². The Hall–Kier alpha value is -2.06. The van der Waals surface area contributed by atoms with Gasteiger partial charge in [0.15, 0.2) is 5.82 Å². The fraction of sp³-hybridized carbons (Fsp3) is 0.500. The van der Waals surface area contributed by atoms with E-state index in [-0.39, 0.29) is 36.3 Å². The van der Waals surface area contributed by atoms with E-state index < -0.39 is 31.7 Å². The molecule has 138 valence electrons. The van der Waals surface area contributed by atoms with Crippen molar-refractivity contribution in [3.8, 4) is 6.07 Å². The van der Waals surface area contributed by atoms with Gasteiger partial charge in [0.05, 0.1) is 20.3 Å². The summed E-state index contributed by atoms with van der Waals surface area (Å²) in [6.45, 7) is 1.50. The van der Waals surface area contributed by atoms with Gasteiger partial charge in [-0.15, -0.1) is 0 Å². The molecule has 4 rings (SSSR count). The summed E-state index contributed by atoms with van der Waals surface area (Å²) in [4.78, 5) is 3.83. The fourth-order valence-corrected chi connectivity index (χ4v) is 4.53. The summed E-state index contributed by atoms with van der Waals surface area (Å²) in [6, 6.07) is 3.21. The summed E-state index contributed by atoms with van der Waals surface area (Å²) < 4.78 is 43.0. The van der Waals surface area contributed by atoms with Crippen LogP contribution in [0.5, 0.6) is 0 Å². The van der Waals surface area contributed by atoms with Gasteiger partial charge in [-0.2, -0.15) is 10.4 Å². The lowest BCUT2D eigenvalue weighted by molar-refractivity contribution is -0.0772. The third-order valence-corrected chi connectivity index (χ3v) is 5.85. The average Bonchev–Trinajstić information content (AvgIpc) is 3.12. The van der Waals surface area contributed by atoms with Crippen LogP contribution in [0, 0.1) is 11.3 Å². The Bertz CT molecular complexity index is 994. The highest BCUT2D eigenvalue weighted by Gasteiger charge is 2.62. The molecule has 5 atom stereocenters. The zero-order valence-electron chi connectivity index (χ0n) is 14.6. The minimum absolute atomic E-state index is 0.0412. The Balaban J connectivity index is 1.80. The van der Waals surface area contributed by atoms with E-state index in [0.29, 0.717) is 0 Å². The van der Waals surface area contributed by atoms with E-state index in [4.69, 9.17) is 25.4 Å². The number of phosphoric acid groups is 1. The molecule has 12 heteroatoms. The second-order valence-corrected chi connectivity index (χ2v) is 7.38. The van der Waals surface area contributed by atoms with Gasteiger partial charge in [0, 0.05) is 0 Å². The van der Waals surface area contributed by atoms with Crippen molar-refractivity contribution in [2.75, 3.05) is 18.9 Å². The number of rotatable bonds is 3. The molecule has 4 heterocycles. The Kier molecular flexibility index (Phi) is 3.72. The van der Waals surface area contributed by atoms with Gasteiger partial charge in [-0.05, 0) is 19.0 Å². The van der Waals surface area contributed by atoms with Gasteiger partial charge in [0.1, 0.15) is 36.2 Å². The van der Waals surface area contributed by atoms with Crippen LogP contribution >= 0.6 is 7.82 Å². The van der Waals surface area contributed by atoms with Crippen molar-refractivity contribution >= 4 is 19.2 Å². The van der Waals surface area contributed by atoms with E-state index in [0.717, 1.165) is 6.33 Å². The Morgan fingerprint density at radius 2 is 2.54 bits per heavy atom. The van der Waals surface area contributed by atoms with Crippen LogP contribution in [0.2, 0.25) is 0 Å². The van der Waals surface area contributed by atoms with Crippen molar-refractivity contribution in [2.24, 2.45) is 0 Å². The first-order chi connectivity index (χ1) is 12.8. The third kappa shape index (κ3) is 2.35. The van der Waals surface area contributed by atoms with Crippen LogP contribution in [0.25, 0.3) is 5.52 Å². The van der Waals surface area contributed by atoms with Crippen LogP contribution in [0.1, 0.15) is 14.0 Å². The topological polar surface area (TPSA) is 154 Å². The molecule has 11 nitrogen and oxygen atoms in total. The third-order valence-electron chi connectivity index (χ3n) is 4.31. The van der Waals surface area contributed by atoms with E-state index >= 15 is 0 Å². The quantitative estimate of drug-likeness (QED) is 0.711. The summed E-state index contributed by atoms with van der Waals surface area (Å²) in [7, 11) is -3.87. The first-order valence-corrected chi connectivity index (χ1v) is 9.25. The van der Waals surface area contributed by atoms with E-state index in [9.17, 15) is 14.9 Å². The Labute approximate surface area is 149 Å². The lowest BCUT2D eigenvalue weighted by Gasteiger charge is -2.30. The number of nitrogens with zero attached hydrogens (tertiary/aromatic N) is 4. The van der Waals surface area contributed by atoms with Gasteiger partial charge >= 0.3 is 7.82 Å². The molecule has 0 aromatic carbocycles. The maximum atomic E-state index is 12.4. The average molecular weight is 382 g/mol. The minimum Gasteiger partial charge on any atom is -0.386 e. The molecule has 2 saturated heterocycles. The molecule has 2 aliphatic rings.